The summed E-state index contributed by atoms with van der Waals surface area (Å²) in [5, 5.41) is 3.06. The van der Waals surface area contributed by atoms with Gasteiger partial charge in [0.25, 0.3) is 0 Å². The van der Waals surface area contributed by atoms with E-state index in [9.17, 15) is 4.79 Å². The van der Waals surface area contributed by atoms with E-state index in [0.717, 1.165) is 12.3 Å². The average molecular weight is 183 g/mol. The van der Waals surface area contributed by atoms with Gasteiger partial charge in [-0.2, -0.15) is 0 Å². The van der Waals surface area contributed by atoms with Crippen molar-refractivity contribution in [3.05, 3.63) is 0 Å². The predicted molar refractivity (Wildman–Crippen MR) is 54.5 cm³/mol. The van der Waals surface area contributed by atoms with Crippen molar-refractivity contribution >= 4 is 5.91 Å². The molecule has 1 rings (SSSR count). The summed E-state index contributed by atoms with van der Waals surface area (Å²) in [5.74, 6) is 0.861. The largest absolute Gasteiger partial charge is 0.353 e. The van der Waals surface area contributed by atoms with Crippen LogP contribution >= 0.6 is 0 Å². The molecule has 2 heteroatoms. The minimum absolute atomic E-state index is 0.123. The fraction of sp³-hybridized carbons (Fsp3) is 0.909. The van der Waals surface area contributed by atoms with Crippen molar-refractivity contribution in [3.8, 4) is 0 Å². The first-order valence-corrected chi connectivity index (χ1v) is 5.51. The number of rotatable bonds is 3. The molecule has 1 fully saturated rings. The Morgan fingerprint density at radius 2 is 2.00 bits per heavy atom. The number of hydrogen-bond acceptors (Lipinski definition) is 1. The van der Waals surface area contributed by atoms with Gasteiger partial charge in [-0.15, -0.1) is 0 Å². The quantitative estimate of drug-likeness (QED) is 0.715. The van der Waals surface area contributed by atoms with Gasteiger partial charge in [-0.3, -0.25) is 4.79 Å². The van der Waals surface area contributed by atoms with Crippen LogP contribution in [0.4, 0.5) is 0 Å². The SMILES string of the molecule is CC[C@@H](NC(C)=O)C1CCCCC1. The van der Waals surface area contributed by atoms with E-state index in [1.54, 1.807) is 6.92 Å². The van der Waals surface area contributed by atoms with Crippen LogP contribution < -0.4 is 5.32 Å². The second-order valence-corrected chi connectivity index (χ2v) is 4.11. The lowest BCUT2D eigenvalue weighted by Crippen LogP contribution is -2.39. The standard InChI is InChI=1S/C11H21NO/c1-3-11(12-9(2)13)10-7-5-4-6-8-10/h10-11H,3-8H2,1-2H3,(H,12,13)/t11-/m1/s1. The van der Waals surface area contributed by atoms with Gasteiger partial charge in [0.2, 0.25) is 5.91 Å². The van der Waals surface area contributed by atoms with Gasteiger partial charge in [0.1, 0.15) is 0 Å². The van der Waals surface area contributed by atoms with Crippen LogP contribution in [0.25, 0.3) is 0 Å². The molecule has 76 valence electrons. The molecule has 0 aromatic heterocycles. The second-order valence-electron chi connectivity index (χ2n) is 4.11. The van der Waals surface area contributed by atoms with Crippen molar-refractivity contribution < 1.29 is 4.79 Å². The van der Waals surface area contributed by atoms with Crippen molar-refractivity contribution in [2.45, 2.75) is 58.4 Å². The van der Waals surface area contributed by atoms with Crippen LogP contribution in [0.15, 0.2) is 0 Å². The Kier molecular flexibility index (Phi) is 4.26. The number of carbonyl (C=O) groups is 1. The van der Waals surface area contributed by atoms with Gasteiger partial charge >= 0.3 is 0 Å². The molecular formula is C11H21NO. The number of nitrogens with one attached hydrogen (secondary N) is 1. The lowest BCUT2D eigenvalue weighted by molar-refractivity contribution is -0.120. The van der Waals surface area contributed by atoms with Crippen molar-refractivity contribution in [2.24, 2.45) is 5.92 Å². The summed E-state index contributed by atoms with van der Waals surface area (Å²) in [6.07, 6.45) is 7.76. The highest BCUT2D eigenvalue weighted by atomic mass is 16.1. The van der Waals surface area contributed by atoms with Crippen LogP contribution in [0.2, 0.25) is 0 Å². The van der Waals surface area contributed by atoms with Gasteiger partial charge in [-0.25, -0.2) is 0 Å². The number of amides is 1. The average Bonchev–Trinajstić information content (AvgIpc) is 2.15. The zero-order valence-electron chi connectivity index (χ0n) is 8.81. The Hall–Kier alpha value is -0.530. The molecule has 1 N–H and O–H groups in total. The first-order valence-electron chi connectivity index (χ1n) is 5.51. The van der Waals surface area contributed by atoms with Gasteiger partial charge in [0.15, 0.2) is 0 Å². The molecule has 0 unspecified atom stereocenters. The third-order valence-electron chi connectivity index (χ3n) is 3.05. The molecule has 0 heterocycles. The Bertz CT molecular complexity index is 161. The highest BCUT2D eigenvalue weighted by molar-refractivity contribution is 5.73. The minimum atomic E-state index is 0.123. The molecule has 0 spiro atoms. The normalized spacial score (nSPS) is 21.1. The van der Waals surface area contributed by atoms with E-state index in [1.807, 2.05) is 0 Å². The maximum absolute atomic E-state index is 10.9. The summed E-state index contributed by atoms with van der Waals surface area (Å²) in [6, 6.07) is 0.429. The zero-order chi connectivity index (χ0) is 9.68. The molecule has 0 radical (unpaired) electrons. The molecule has 1 aliphatic rings. The smallest absolute Gasteiger partial charge is 0.217 e. The molecule has 0 aliphatic heterocycles. The molecule has 13 heavy (non-hydrogen) atoms. The molecule has 0 aromatic carbocycles. The van der Waals surface area contributed by atoms with Crippen molar-refractivity contribution in [1.29, 1.82) is 0 Å². The molecule has 0 aromatic rings. The molecule has 2 nitrogen and oxygen atoms in total. The first-order chi connectivity index (χ1) is 6.24. The van der Waals surface area contributed by atoms with Crippen LogP contribution in [-0.2, 0) is 4.79 Å². The minimum Gasteiger partial charge on any atom is -0.353 e. The molecular weight excluding hydrogens is 162 g/mol. The van der Waals surface area contributed by atoms with E-state index in [0.29, 0.717) is 6.04 Å². The third kappa shape index (κ3) is 3.37. The fourth-order valence-corrected chi connectivity index (χ4v) is 2.35. The third-order valence-corrected chi connectivity index (χ3v) is 3.05. The van der Waals surface area contributed by atoms with Gasteiger partial charge < -0.3 is 5.32 Å². The van der Waals surface area contributed by atoms with Crippen LogP contribution in [-0.4, -0.2) is 11.9 Å². The Labute approximate surface area is 81.1 Å². The van der Waals surface area contributed by atoms with Gasteiger partial charge in [-0.1, -0.05) is 26.2 Å². The van der Waals surface area contributed by atoms with E-state index < -0.39 is 0 Å². The van der Waals surface area contributed by atoms with Crippen molar-refractivity contribution in [1.82, 2.24) is 5.32 Å². The van der Waals surface area contributed by atoms with Crippen molar-refractivity contribution in [3.63, 3.8) is 0 Å². The van der Waals surface area contributed by atoms with Crippen LogP contribution in [0.1, 0.15) is 52.4 Å². The lowest BCUT2D eigenvalue weighted by Gasteiger charge is -2.29. The number of hydrogen-bond donors (Lipinski definition) is 1. The summed E-state index contributed by atoms with van der Waals surface area (Å²) in [6.45, 7) is 3.78. The van der Waals surface area contributed by atoms with Gasteiger partial charge in [-0.05, 0) is 25.2 Å². The topological polar surface area (TPSA) is 29.1 Å². The summed E-state index contributed by atoms with van der Waals surface area (Å²) < 4.78 is 0. The summed E-state index contributed by atoms with van der Waals surface area (Å²) in [7, 11) is 0. The van der Waals surface area contributed by atoms with E-state index in [-0.39, 0.29) is 5.91 Å². The zero-order valence-corrected chi connectivity index (χ0v) is 8.81. The molecule has 1 saturated carbocycles. The van der Waals surface area contributed by atoms with E-state index in [4.69, 9.17) is 0 Å². The Balaban J connectivity index is 2.39. The maximum Gasteiger partial charge on any atom is 0.217 e. The highest BCUT2D eigenvalue weighted by Gasteiger charge is 2.22. The predicted octanol–water partition coefficient (Wildman–Crippen LogP) is 2.48. The summed E-state index contributed by atoms with van der Waals surface area (Å²) in [5.41, 5.74) is 0. The number of carbonyl (C=O) groups excluding carboxylic acids is 1. The Morgan fingerprint density at radius 3 is 2.46 bits per heavy atom. The maximum atomic E-state index is 10.9. The van der Waals surface area contributed by atoms with Gasteiger partial charge in [0, 0.05) is 13.0 Å². The molecule has 1 aliphatic carbocycles. The lowest BCUT2D eigenvalue weighted by atomic mass is 9.83. The first kappa shape index (κ1) is 10.6. The van der Waals surface area contributed by atoms with E-state index in [1.165, 1.54) is 32.1 Å². The Morgan fingerprint density at radius 1 is 1.38 bits per heavy atom. The molecule has 1 amide bonds. The van der Waals surface area contributed by atoms with E-state index in [2.05, 4.69) is 12.2 Å². The summed E-state index contributed by atoms with van der Waals surface area (Å²) >= 11 is 0. The van der Waals surface area contributed by atoms with E-state index >= 15 is 0 Å². The van der Waals surface area contributed by atoms with Crippen LogP contribution in [0, 0.1) is 5.92 Å². The molecule has 0 saturated heterocycles. The monoisotopic (exact) mass is 183 g/mol. The second kappa shape index (κ2) is 5.25. The van der Waals surface area contributed by atoms with Crippen LogP contribution in [0.3, 0.4) is 0 Å². The van der Waals surface area contributed by atoms with Crippen molar-refractivity contribution in [2.75, 3.05) is 0 Å². The molecule has 1 atom stereocenters. The molecule has 0 bridgehead atoms. The fourth-order valence-electron chi connectivity index (χ4n) is 2.35. The highest BCUT2D eigenvalue weighted by Crippen LogP contribution is 2.27. The van der Waals surface area contributed by atoms with Crippen LogP contribution in [0.5, 0.6) is 0 Å². The van der Waals surface area contributed by atoms with Gasteiger partial charge in [0.05, 0.1) is 0 Å². The summed E-state index contributed by atoms with van der Waals surface area (Å²) in [4.78, 5) is 10.9.